The summed E-state index contributed by atoms with van der Waals surface area (Å²) in [5.41, 5.74) is 3.20. The summed E-state index contributed by atoms with van der Waals surface area (Å²) in [6, 6.07) is 13.0. The molecule has 5 rings (SSSR count). The first-order chi connectivity index (χ1) is 17.3. The Hall–Kier alpha value is -4.07. The first-order valence-electron chi connectivity index (χ1n) is 11.1. The maximum Gasteiger partial charge on any atom is 0.257 e. The lowest BCUT2D eigenvalue weighted by atomic mass is 9.95. The van der Waals surface area contributed by atoms with Crippen molar-refractivity contribution in [3.8, 4) is 6.07 Å². The maximum absolute atomic E-state index is 13.0. The summed E-state index contributed by atoms with van der Waals surface area (Å²) >= 11 is 7.80. The average Bonchev–Trinajstić information content (AvgIpc) is 3.54. The highest BCUT2D eigenvalue weighted by atomic mass is 35.5. The number of rotatable bonds is 6. The second kappa shape index (κ2) is 9.18. The number of anilines is 4. The zero-order valence-corrected chi connectivity index (χ0v) is 20.9. The number of nitrogens with one attached hydrogen (secondary N) is 3. The Morgan fingerprint density at radius 1 is 1.17 bits per heavy atom. The van der Waals surface area contributed by atoms with Crippen molar-refractivity contribution >= 4 is 67.6 Å². The number of hydrogen-bond acceptors (Lipinski definition) is 8. The van der Waals surface area contributed by atoms with Gasteiger partial charge in [0, 0.05) is 18.3 Å². The van der Waals surface area contributed by atoms with Gasteiger partial charge in [-0.15, -0.1) is 0 Å². The van der Waals surface area contributed by atoms with E-state index in [2.05, 4.69) is 37.0 Å². The largest absolute Gasteiger partial charge is 0.324 e. The summed E-state index contributed by atoms with van der Waals surface area (Å²) in [6.45, 7) is 3.34. The molecule has 0 unspecified atom stereocenters. The van der Waals surface area contributed by atoms with Crippen molar-refractivity contribution in [3.63, 3.8) is 0 Å². The van der Waals surface area contributed by atoms with Crippen molar-refractivity contribution in [1.29, 1.82) is 5.26 Å². The van der Waals surface area contributed by atoms with E-state index in [0.29, 0.717) is 49.0 Å². The Bertz CT molecular complexity index is 1570. The van der Waals surface area contributed by atoms with Gasteiger partial charge in [-0.05, 0) is 49.1 Å². The SMILES string of the molecule is CC(=O)Nc1nc2cnc(Nc3cc(NC(=O)c4cccc(C5(C#N)CC5)c4Cl)ccc3C)nc2s1. The fourth-order valence-corrected chi connectivity index (χ4v) is 5.05. The summed E-state index contributed by atoms with van der Waals surface area (Å²) < 4.78 is 0. The van der Waals surface area contributed by atoms with E-state index in [-0.39, 0.29) is 11.8 Å². The molecule has 1 fully saturated rings. The molecule has 1 aliphatic carbocycles. The third-order valence-electron chi connectivity index (χ3n) is 5.90. The van der Waals surface area contributed by atoms with Gasteiger partial charge in [-0.2, -0.15) is 10.2 Å². The number of amides is 2. The van der Waals surface area contributed by atoms with Crippen LogP contribution in [0.2, 0.25) is 5.02 Å². The van der Waals surface area contributed by atoms with Gasteiger partial charge in [0.1, 0.15) is 5.52 Å². The number of aromatic nitrogens is 3. The molecular weight excluding hydrogens is 498 g/mol. The number of nitrogens with zero attached hydrogens (tertiary/aromatic N) is 4. The molecule has 2 heterocycles. The lowest BCUT2D eigenvalue weighted by molar-refractivity contribution is -0.114. The van der Waals surface area contributed by atoms with Gasteiger partial charge in [-0.25, -0.2) is 9.97 Å². The predicted molar refractivity (Wildman–Crippen MR) is 140 cm³/mol. The van der Waals surface area contributed by atoms with Crippen molar-refractivity contribution in [2.24, 2.45) is 0 Å². The Labute approximate surface area is 215 Å². The van der Waals surface area contributed by atoms with Crippen LogP contribution in [0.3, 0.4) is 0 Å². The highest BCUT2D eigenvalue weighted by Crippen LogP contribution is 2.50. The normalized spacial score (nSPS) is 13.6. The first kappa shape index (κ1) is 23.7. The molecule has 36 heavy (non-hydrogen) atoms. The van der Waals surface area contributed by atoms with Gasteiger partial charge in [0.05, 0.1) is 28.3 Å². The molecular formula is C25H20ClN7O2S. The minimum atomic E-state index is -0.587. The van der Waals surface area contributed by atoms with Gasteiger partial charge in [-0.3, -0.25) is 9.59 Å². The molecule has 0 bridgehead atoms. The zero-order valence-electron chi connectivity index (χ0n) is 19.3. The van der Waals surface area contributed by atoms with E-state index >= 15 is 0 Å². The third kappa shape index (κ3) is 4.58. The molecule has 1 aliphatic rings. The fourth-order valence-electron chi connectivity index (χ4n) is 3.80. The number of thiazole rings is 1. The second-order valence-electron chi connectivity index (χ2n) is 8.55. The number of hydrogen-bond donors (Lipinski definition) is 3. The third-order valence-corrected chi connectivity index (χ3v) is 7.19. The van der Waals surface area contributed by atoms with Crippen LogP contribution in [0.25, 0.3) is 10.3 Å². The van der Waals surface area contributed by atoms with E-state index in [9.17, 15) is 14.9 Å². The molecule has 2 aromatic heterocycles. The molecule has 9 nitrogen and oxygen atoms in total. The molecule has 2 amide bonds. The van der Waals surface area contributed by atoms with E-state index in [4.69, 9.17) is 11.6 Å². The molecule has 0 radical (unpaired) electrons. The molecule has 0 aliphatic heterocycles. The van der Waals surface area contributed by atoms with Crippen LogP contribution in [0.1, 0.15) is 41.3 Å². The zero-order chi connectivity index (χ0) is 25.4. The smallest absolute Gasteiger partial charge is 0.257 e. The molecule has 1 saturated carbocycles. The van der Waals surface area contributed by atoms with E-state index in [1.54, 1.807) is 30.5 Å². The minimum Gasteiger partial charge on any atom is -0.324 e. The summed E-state index contributed by atoms with van der Waals surface area (Å²) in [6.07, 6.45) is 3.06. The fraction of sp³-hybridized carbons (Fsp3) is 0.200. The van der Waals surface area contributed by atoms with Gasteiger partial charge in [0.2, 0.25) is 11.9 Å². The van der Waals surface area contributed by atoms with Gasteiger partial charge in [0.25, 0.3) is 5.91 Å². The summed E-state index contributed by atoms with van der Waals surface area (Å²) in [4.78, 5) is 38.0. The van der Waals surface area contributed by atoms with Crippen LogP contribution in [-0.4, -0.2) is 26.8 Å². The van der Waals surface area contributed by atoms with Crippen molar-refractivity contribution < 1.29 is 9.59 Å². The molecule has 4 aromatic rings. The lowest BCUT2D eigenvalue weighted by Gasteiger charge is -2.14. The predicted octanol–water partition coefficient (Wildman–Crippen LogP) is 5.56. The lowest BCUT2D eigenvalue weighted by Crippen LogP contribution is -2.15. The van der Waals surface area contributed by atoms with E-state index < -0.39 is 5.41 Å². The van der Waals surface area contributed by atoms with Crippen LogP contribution in [0.15, 0.2) is 42.6 Å². The summed E-state index contributed by atoms with van der Waals surface area (Å²) in [5, 5.41) is 19.0. The number of aryl methyl sites for hydroxylation is 1. The highest BCUT2D eigenvalue weighted by molar-refractivity contribution is 7.21. The van der Waals surface area contributed by atoms with Crippen LogP contribution in [0.5, 0.6) is 0 Å². The first-order valence-corrected chi connectivity index (χ1v) is 12.3. The van der Waals surface area contributed by atoms with Crippen molar-refractivity contribution in [2.75, 3.05) is 16.0 Å². The number of fused-ring (bicyclic) bond motifs is 1. The van der Waals surface area contributed by atoms with Crippen LogP contribution in [0.4, 0.5) is 22.5 Å². The molecule has 0 atom stereocenters. The molecule has 11 heteroatoms. The molecule has 180 valence electrons. The van der Waals surface area contributed by atoms with Gasteiger partial charge >= 0.3 is 0 Å². The number of carbonyl (C=O) groups excluding carboxylic acids is 2. The second-order valence-corrected chi connectivity index (χ2v) is 9.91. The molecule has 3 N–H and O–H groups in total. The Kier molecular flexibility index (Phi) is 6.04. The number of nitriles is 1. The minimum absolute atomic E-state index is 0.208. The quantitative estimate of drug-likeness (QED) is 0.305. The van der Waals surface area contributed by atoms with Crippen molar-refractivity contribution in [3.05, 3.63) is 64.3 Å². The van der Waals surface area contributed by atoms with Crippen LogP contribution < -0.4 is 16.0 Å². The topological polar surface area (TPSA) is 133 Å². The van der Waals surface area contributed by atoms with Gasteiger partial charge in [-0.1, -0.05) is 41.1 Å². The Balaban J connectivity index is 1.36. The number of benzene rings is 2. The Morgan fingerprint density at radius 3 is 2.69 bits per heavy atom. The van der Waals surface area contributed by atoms with E-state index in [1.165, 1.54) is 18.3 Å². The monoisotopic (exact) mass is 517 g/mol. The number of halogens is 1. The summed E-state index contributed by atoms with van der Waals surface area (Å²) in [5.74, 6) is -0.215. The molecule has 2 aromatic carbocycles. The van der Waals surface area contributed by atoms with Crippen molar-refractivity contribution in [1.82, 2.24) is 15.0 Å². The van der Waals surface area contributed by atoms with Crippen molar-refractivity contribution in [2.45, 2.75) is 32.1 Å². The molecule has 0 saturated heterocycles. The van der Waals surface area contributed by atoms with Crippen LogP contribution in [0, 0.1) is 18.3 Å². The van der Waals surface area contributed by atoms with Gasteiger partial charge in [0.15, 0.2) is 9.96 Å². The standard InChI is InChI=1S/C25H20ClN7O2S/c1-13-6-7-15(30-21(35)16-4-3-5-17(20(16)26)25(12-27)8-9-25)10-18(13)31-23-28-11-19-22(33-23)36-24(32-19)29-14(2)34/h3-7,10-11H,8-9H2,1-2H3,(H,30,35)(H,28,31,33)(H,29,32,34). The summed E-state index contributed by atoms with van der Waals surface area (Å²) in [7, 11) is 0. The maximum atomic E-state index is 13.0. The molecule has 0 spiro atoms. The van der Waals surface area contributed by atoms with E-state index in [1.807, 2.05) is 19.1 Å². The van der Waals surface area contributed by atoms with Crippen LogP contribution in [-0.2, 0) is 10.2 Å². The highest BCUT2D eigenvalue weighted by Gasteiger charge is 2.46. The van der Waals surface area contributed by atoms with Crippen LogP contribution >= 0.6 is 22.9 Å². The van der Waals surface area contributed by atoms with Gasteiger partial charge < -0.3 is 16.0 Å². The van der Waals surface area contributed by atoms with E-state index in [0.717, 1.165) is 18.4 Å². The number of carbonyl (C=O) groups is 2. The average molecular weight is 518 g/mol. The Morgan fingerprint density at radius 2 is 1.97 bits per heavy atom.